The summed E-state index contributed by atoms with van der Waals surface area (Å²) in [6.45, 7) is 6.37. The van der Waals surface area contributed by atoms with Gasteiger partial charge in [0.1, 0.15) is 0 Å². The van der Waals surface area contributed by atoms with E-state index in [4.69, 9.17) is 0 Å². The first-order valence-corrected chi connectivity index (χ1v) is 5.65. The molecular weight excluding hydrogens is 158 g/mol. The molecule has 66 valence electrons. The Labute approximate surface area is 71.2 Å². The summed E-state index contributed by atoms with van der Waals surface area (Å²) in [4.78, 5) is 0. The summed E-state index contributed by atoms with van der Waals surface area (Å²) in [5, 5.41) is 3.48. The third kappa shape index (κ3) is 2.56. The van der Waals surface area contributed by atoms with Crippen LogP contribution in [0, 0.1) is 0 Å². The summed E-state index contributed by atoms with van der Waals surface area (Å²) in [5.41, 5.74) is 0.0732. The maximum absolute atomic E-state index is 11.3. The lowest BCUT2D eigenvalue weighted by molar-refractivity contribution is 0.358. The van der Waals surface area contributed by atoms with Gasteiger partial charge in [0.05, 0.1) is 0 Å². The van der Waals surface area contributed by atoms with Gasteiger partial charge in [0, 0.05) is 33.9 Å². The Hall–Kier alpha value is 0.110. The lowest BCUT2D eigenvalue weighted by Gasteiger charge is -2.36. The predicted molar refractivity (Wildman–Crippen MR) is 49.2 cm³/mol. The first-order valence-electron chi connectivity index (χ1n) is 4.16. The monoisotopic (exact) mass is 175 g/mol. The van der Waals surface area contributed by atoms with E-state index >= 15 is 0 Å². The van der Waals surface area contributed by atoms with Crippen LogP contribution in [-0.4, -0.2) is 27.3 Å². The zero-order chi connectivity index (χ0) is 8.48. The maximum atomic E-state index is 11.3. The molecule has 1 saturated heterocycles. The van der Waals surface area contributed by atoms with Gasteiger partial charge in [-0.05, 0) is 20.3 Å². The van der Waals surface area contributed by atoms with Gasteiger partial charge in [0.25, 0.3) is 0 Å². The molecule has 1 fully saturated rings. The fourth-order valence-electron chi connectivity index (χ4n) is 1.54. The van der Waals surface area contributed by atoms with Crippen LogP contribution in [0.5, 0.6) is 0 Å². The molecule has 2 unspecified atom stereocenters. The van der Waals surface area contributed by atoms with Gasteiger partial charge in [-0.3, -0.25) is 4.21 Å². The van der Waals surface area contributed by atoms with Crippen molar-refractivity contribution in [3.05, 3.63) is 0 Å². The van der Waals surface area contributed by atoms with E-state index in [1.54, 1.807) is 0 Å². The van der Waals surface area contributed by atoms with Crippen LogP contribution in [0.4, 0.5) is 0 Å². The molecule has 1 aliphatic heterocycles. The van der Waals surface area contributed by atoms with Crippen molar-refractivity contribution in [3.63, 3.8) is 0 Å². The average Bonchev–Trinajstić information content (AvgIpc) is 1.83. The molecule has 0 aromatic rings. The van der Waals surface area contributed by atoms with E-state index < -0.39 is 10.8 Å². The molecule has 1 N–H and O–H groups in total. The highest BCUT2D eigenvalue weighted by atomic mass is 32.2. The molecule has 0 saturated carbocycles. The van der Waals surface area contributed by atoms with E-state index in [0.29, 0.717) is 6.04 Å². The third-order valence-electron chi connectivity index (χ3n) is 2.00. The lowest BCUT2D eigenvalue weighted by Crippen LogP contribution is -2.56. The second-order valence-corrected chi connectivity index (χ2v) is 5.39. The van der Waals surface area contributed by atoms with Gasteiger partial charge in [0.15, 0.2) is 0 Å². The molecule has 0 bridgehead atoms. The molecular formula is C8H17NOS. The van der Waals surface area contributed by atoms with Crippen molar-refractivity contribution in [3.8, 4) is 0 Å². The quantitative estimate of drug-likeness (QED) is 0.641. The van der Waals surface area contributed by atoms with Crippen molar-refractivity contribution in [2.24, 2.45) is 0 Å². The lowest BCUT2D eigenvalue weighted by atomic mass is 10.1. The number of rotatable bonds is 1. The van der Waals surface area contributed by atoms with Gasteiger partial charge in [0.2, 0.25) is 0 Å². The first kappa shape index (κ1) is 9.20. The minimum atomic E-state index is -0.602. The van der Waals surface area contributed by atoms with Crippen LogP contribution in [0.15, 0.2) is 0 Å². The highest BCUT2D eigenvalue weighted by Gasteiger charge is 2.29. The summed E-state index contributed by atoms with van der Waals surface area (Å²) < 4.78 is 11.3. The molecule has 0 aromatic carbocycles. The van der Waals surface area contributed by atoms with E-state index in [1.807, 2.05) is 0 Å². The molecule has 2 nitrogen and oxygen atoms in total. The summed E-state index contributed by atoms with van der Waals surface area (Å²) in [6.07, 6.45) is 1.08. The van der Waals surface area contributed by atoms with Crippen LogP contribution in [0.3, 0.4) is 0 Å². The molecule has 0 spiro atoms. The average molecular weight is 175 g/mol. The Morgan fingerprint density at radius 2 is 2.27 bits per heavy atom. The second kappa shape index (κ2) is 3.23. The van der Waals surface area contributed by atoms with Gasteiger partial charge in [-0.1, -0.05) is 6.92 Å². The Morgan fingerprint density at radius 1 is 1.64 bits per heavy atom. The van der Waals surface area contributed by atoms with E-state index in [-0.39, 0.29) is 5.54 Å². The SMILES string of the molecule is CCC1CS(=O)CC(C)(C)N1. The first-order chi connectivity index (χ1) is 5.03. The zero-order valence-electron chi connectivity index (χ0n) is 7.52. The molecule has 11 heavy (non-hydrogen) atoms. The topological polar surface area (TPSA) is 29.1 Å². The van der Waals surface area contributed by atoms with Crippen molar-refractivity contribution in [2.45, 2.75) is 38.8 Å². The zero-order valence-corrected chi connectivity index (χ0v) is 8.33. The Morgan fingerprint density at radius 3 is 2.73 bits per heavy atom. The minimum Gasteiger partial charge on any atom is -0.307 e. The number of hydrogen-bond acceptors (Lipinski definition) is 2. The van der Waals surface area contributed by atoms with Crippen molar-refractivity contribution in [1.29, 1.82) is 0 Å². The Kier molecular flexibility index (Phi) is 2.70. The fourth-order valence-corrected chi connectivity index (χ4v) is 3.32. The van der Waals surface area contributed by atoms with Crippen molar-refractivity contribution in [2.75, 3.05) is 11.5 Å². The smallest absolute Gasteiger partial charge is 0.0412 e. The van der Waals surface area contributed by atoms with Crippen LogP contribution in [0.1, 0.15) is 27.2 Å². The van der Waals surface area contributed by atoms with Gasteiger partial charge >= 0.3 is 0 Å². The third-order valence-corrected chi connectivity index (χ3v) is 3.81. The van der Waals surface area contributed by atoms with E-state index in [9.17, 15) is 4.21 Å². The van der Waals surface area contributed by atoms with E-state index in [2.05, 4.69) is 26.1 Å². The highest BCUT2D eigenvalue weighted by Crippen LogP contribution is 2.14. The second-order valence-electron chi connectivity index (χ2n) is 3.88. The Balaban J connectivity index is 2.58. The molecule has 2 atom stereocenters. The van der Waals surface area contributed by atoms with Gasteiger partial charge in [-0.25, -0.2) is 0 Å². The van der Waals surface area contributed by atoms with E-state index in [1.165, 1.54) is 0 Å². The standard InChI is InChI=1S/C8H17NOS/c1-4-7-5-11(10)6-8(2,3)9-7/h7,9H,4-6H2,1-3H3. The summed E-state index contributed by atoms with van der Waals surface area (Å²) in [6, 6.07) is 0.458. The molecule has 1 aliphatic rings. The highest BCUT2D eigenvalue weighted by molar-refractivity contribution is 7.85. The predicted octanol–water partition coefficient (Wildman–Crippen LogP) is 0.895. The van der Waals surface area contributed by atoms with Crippen molar-refractivity contribution < 1.29 is 4.21 Å². The van der Waals surface area contributed by atoms with Gasteiger partial charge < -0.3 is 5.32 Å². The molecule has 3 heteroatoms. The maximum Gasteiger partial charge on any atom is 0.0412 e. The molecule has 0 amide bonds. The summed E-state index contributed by atoms with van der Waals surface area (Å²) in [5.74, 6) is 1.63. The molecule has 0 aromatic heterocycles. The summed E-state index contributed by atoms with van der Waals surface area (Å²) >= 11 is 0. The number of hydrogen-bond donors (Lipinski definition) is 1. The van der Waals surface area contributed by atoms with E-state index in [0.717, 1.165) is 17.9 Å². The fraction of sp³-hybridized carbons (Fsp3) is 1.00. The molecule has 1 rings (SSSR count). The van der Waals surface area contributed by atoms with Crippen LogP contribution in [-0.2, 0) is 10.8 Å². The van der Waals surface area contributed by atoms with Crippen molar-refractivity contribution >= 4 is 10.8 Å². The van der Waals surface area contributed by atoms with Crippen molar-refractivity contribution in [1.82, 2.24) is 5.32 Å². The molecule has 1 heterocycles. The van der Waals surface area contributed by atoms with Crippen LogP contribution in [0.25, 0.3) is 0 Å². The van der Waals surface area contributed by atoms with Crippen LogP contribution in [0.2, 0.25) is 0 Å². The number of nitrogens with one attached hydrogen (secondary N) is 1. The minimum absolute atomic E-state index is 0.0732. The molecule has 0 aliphatic carbocycles. The molecule has 0 radical (unpaired) electrons. The normalized spacial score (nSPS) is 37.0. The van der Waals surface area contributed by atoms with Crippen LogP contribution < -0.4 is 5.32 Å². The Bertz CT molecular complexity index is 167. The van der Waals surface area contributed by atoms with Gasteiger partial charge in [-0.2, -0.15) is 0 Å². The van der Waals surface area contributed by atoms with Gasteiger partial charge in [-0.15, -0.1) is 0 Å². The largest absolute Gasteiger partial charge is 0.307 e. The van der Waals surface area contributed by atoms with Crippen LogP contribution >= 0.6 is 0 Å². The summed E-state index contributed by atoms with van der Waals surface area (Å²) in [7, 11) is -0.602.